The molecule has 2 heterocycles. The minimum absolute atomic E-state index is 0.149. The van der Waals surface area contributed by atoms with Gasteiger partial charge in [0.25, 0.3) is 5.91 Å². The molecule has 2 aromatic carbocycles. The highest BCUT2D eigenvalue weighted by atomic mass is 16.5. The monoisotopic (exact) mass is 535 g/mol. The van der Waals surface area contributed by atoms with Crippen LogP contribution < -0.4 is 4.74 Å². The Bertz CT molecular complexity index is 1190. The molecular weight excluding hydrogens is 496 g/mol. The second kappa shape index (κ2) is 15.1. The van der Waals surface area contributed by atoms with Gasteiger partial charge in [-0.05, 0) is 55.5 Å². The summed E-state index contributed by atoms with van der Waals surface area (Å²) in [6, 6.07) is 16.6. The number of carboxylic acid groups (broad SMARTS) is 1. The molecule has 1 unspecified atom stereocenters. The highest BCUT2D eigenvalue weighted by Crippen LogP contribution is 2.24. The minimum atomic E-state index is -0.950. The number of nitrogens with zero attached hydrogens (tertiary/aromatic N) is 2. The quantitative estimate of drug-likeness (QED) is 0.263. The maximum absolute atomic E-state index is 13.8. The molecule has 1 aliphatic heterocycles. The number of unbranched alkanes of at least 4 members (excludes halogenated alkanes) is 2. The standard InChI is InChI=1S/C31H38N2O6/c34-30(35)9-2-1-5-19-39-29-8-4-3-7-27(29)23-33(16-6-15-32-17-21-37-22-18-32)31(36)26-12-10-25(11-13-26)28-14-20-38-24-28/h3-4,7-8,10-14,20,24H,1-2,5-6,9,15-19,21-23H2,(H,34,35)/i23D. The summed E-state index contributed by atoms with van der Waals surface area (Å²) in [7, 11) is 0. The lowest BCUT2D eigenvalue weighted by Crippen LogP contribution is -2.39. The van der Waals surface area contributed by atoms with Gasteiger partial charge in [-0.25, -0.2) is 0 Å². The molecule has 0 bridgehead atoms. The van der Waals surface area contributed by atoms with Crippen molar-refractivity contribution in [3.63, 3.8) is 0 Å². The van der Waals surface area contributed by atoms with Crippen LogP contribution in [0.4, 0.5) is 0 Å². The molecule has 1 aliphatic rings. The van der Waals surface area contributed by atoms with E-state index in [9.17, 15) is 11.0 Å². The number of aliphatic carboxylic acids is 1. The van der Waals surface area contributed by atoms with Gasteiger partial charge in [0.2, 0.25) is 0 Å². The fraction of sp³-hybridized carbons (Fsp3) is 0.419. The van der Waals surface area contributed by atoms with E-state index in [-0.39, 0.29) is 12.3 Å². The van der Waals surface area contributed by atoms with Crippen LogP contribution in [0.15, 0.2) is 71.5 Å². The number of carbonyl (C=O) groups is 2. The summed E-state index contributed by atoms with van der Waals surface area (Å²) >= 11 is 0. The van der Waals surface area contributed by atoms with E-state index in [0.717, 1.165) is 50.0 Å². The number of rotatable bonds is 15. The van der Waals surface area contributed by atoms with Crippen molar-refractivity contribution in [3.05, 3.63) is 78.3 Å². The van der Waals surface area contributed by atoms with Crippen LogP contribution in [-0.2, 0) is 16.1 Å². The number of furan rings is 1. The van der Waals surface area contributed by atoms with E-state index in [0.29, 0.717) is 49.7 Å². The molecule has 1 saturated heterocycles. The Balaban J connectivity index is 1.46. The number of para-hydroxylation sites is 1. The molecular formula is C31H38N2O6. The Labute approximate surface area is 231 Å². The van der Waals surface area contributed by atoms with Gasteiger partial charge in [0.15, 0.2) is 0 Å². The average molecular weight is 536 g/mol. The fourth-order valence-corrected chi connectivity index (χ4v) is 4.54. The van der Waals surface area contributed by atoms with Gasteiger partial charge in [-0.3, -0.25) is 14.5 Å². The van der Waals surface area contributed by atoms with Gasteiger partial charge >= 0.3 is 5.97 Å². The predicted octanol–water partition coefficient (Wildman–Crippen LogP) is 5.34. The molecule has 208 valence electrons. The number of hydrogen-bond acceptors (Lipinski definition) is 6. The van der Waals surface area contributed by atoms with Crippen LogP contribution in [0, 0.1) is 0 Å². The molecule has 1 fully saturated rings. The summed E-state index contributed by atoms with van der Waals surface area (Å²) < 4.78 is 25.8. The maximum Gasteiger partial charge on any atom is 0.303 e. The van der Waals surface area contributed by atoms with Crippen molar-refractivity contribution in [3.8, 4) is 16.9 Å². The van der Waals surface area contributed by atoms with Crippen molar-refractivity contribution in [2.45, 2.75) is 38.6 Å². The molecule has 1 atom stereocenters. The van der Waals surface area contributed by atoms with E-state index >= 15 is 0 Å². The maximum atomic E-state index is 13.8. The van der Waals surface area contributed by atoms with Gasteiger partial charge in [-0.2, -0.15) is 0 Å². The number of carbonyl (C=O) groups excluding carboxylic acids is 1. The molecule has 0 aliphatic carbocycles. The molecule has 8 nitrogen and oxygen atoms in total. The van der Waals surface area contributed by atoms with Gasteiger partial charge in [-0.15, -0.1) is 0 Å². The number of ether oxygens (including phenoxy) is 2. The number of benzene rings is 2. The molecule has 8 heteroatoms. The summed E-state index contributed by atoms with van der Waals surface area (Å²) in [5.41, 5.74) is 3.04. The zero-order valence-electron chi connectivity index (χ0n) is 23.3. The van der Waals surface area contributed by atoms with Crippen LogP contribution in [0.3, 0.4) is 0 Å². The lowest BCUT2D eigenvalue weighted by atomic mass is 10.1. The van der Waals surface area contributed by atoms with Gasteiger partial charge in [0, 0.05) is 55.8 Å². The third kappa shape index (κ3) is 8.97. The van der Waals surface area contributed by atoms with Gasteiger partial charge in [-0.1, -0.05) is 30.3 Å². The first kappa shape index (κ1) is 27.0. The number of morpholine rings is 1. The SMILES string of the molecule is [2H]C(c1ccccc1OCCCCCC(=O)O)N(CCCN1CCOCC1)C(=O)c1ccc(-c2ccoc2)cc1. The molecule has 0 saturated carbocycles. The van der Waals surface area contributed by atoms with E-state index in [1.807, 2.05) is 42.5 Å². The first-order valence-electron chi connectivity index (χ1n) is 14.2. The first-order chi connectivity index (χ1) is 19.5. The summed E-state index contributed by atoms with van der Waals surface area (Å²) in [5, 5.41) is 8.82. The zero-order chi connectivity index (χ0) is 28.2. The van der Waals surface area contributed by atoms with Crippen molar-refractivity contribution in [2.24, 2.45) is 0 Å². The lowest BCUT2D eigenvalue weighted by Gasteiger charge is -2.29. The third-order valence-electron chi connectivity index (χ3n) is 6.73. The van der Waals surface area contributed by atoms with Crippen LogP contribution in [0.5, 0.6) is 5.75 Å². The Morgan fingerprint density at radius 3 is 2.51 bits per heavy atom. The molecule has 0 spiro atoms. The average Bonchev–Trinajstić information content (AvgIpc) is 3.52. The number of hydrogen-bond donors (Lipinski definition) is 1. The van der Waals surface area contributed by atoms with Crippen molar-refractivity contribution in [1.82, 2.24) is 9.80 Å². The summed E-state index contributed by atoms with van der Waals surface area (Å²) in [6.07, 6.45) is 6.24. The second-order valence-corrected chi connectivity index (χ2v) is 9.62. The van der Waals surface area contributed by atoms with Crippen molar-refractivity contribution in [2.75, 3.05) is 46.0 Å². The highest BCUT2D eigenvalue weighted by molar-refractivity contribution is 5.94. The predicted molar refractivity (Wildman–Crippen MR) is 149 cm³/mol. The van der Waals surface area contributed by atoms with E-state index in [2.05, 4.69) is 4.90 Å². The summed E-state index contributed by atoms with van der Waals surface area (Å²) in [6.45, 7) is 3.90. The van der Waals surface area contributed by atoms with Crippen molar-refractivity contribution in [1.29, 1.82) is 0 Å². The molecule has 1 N–H and O–H groups in total. The Hall–Kier alpha value is -3.62. The summed E-state index contributed by atoms with van der Waals surface area (Å²) in [5.74, 6) is -0.427. The highest BCUT2D eigenvalue weighted by Gasteiger charge is 2.19. The van der Waals surface area contributed by atoms with E-state index < -0.39 is 12.5 Å². The molecule has 3 aromatic rings. The fourth-order valence-electron chi connectivity index (χ4n) is 4.54. The van der Waals surface area contributed by atoms with E-state index in [4.69, 9.17) is 19.0 Å². The van der Waals surface area contributed by atoms with E-state index in [1.165, 1.54) is 0 Å². The van der Waals surface area contributed by atoms with Gasteiger partial charge < -0.3 is 23.9 Å². The van der Waals surface area contributed by atoms with Crippen LogP contribution in [0.1, 0.15) is 49.4 Å². The molecule has 4 rings (SSSR count). The van der Waals surface area contributed by atoms with Gasteiger partial charge in [0.1, 0.15) is 5.75 Å². The number of amides is 1. The molecule has 1 aromatic heterocycles. The minimum Gasteiger partial charge on any atom is -0.493 e. The smallest absolute Gasteiger partial charge is 0.303 e. The Kier molecular flexibility index (Phi) is 10.4. The molecule has 39 heavy (non-hydrogen) atoms. The lowest BCUT2D eigenvalue weighted by molar-refractivity contribution is -0.137. The molecule has 0 radical (unpaired) electrons. The van der Waals surface area contributed by atoms with Crippen LogP contribution in [0.25, 0.3) is 11.1 Å². The van der Waals surface area contributed by atoms with Crippen LogP contribution in [-0.4, -0.2) is 72.8 Å². The van der Waals surface area contributed by atoms with Crippen LogP contribution >= 0.6 is 0 Å². The normalized spacial score (nSPS) is 14.9. The van der Waals surface area contributed by atoms with Gasteiger partial charge in [0.05, 0.1) is 33.7 Å². The summed E-state index contributed by atoms with van der Waals surface area (Å²) in [4.78, 5) is 28.5. The third-order valence-corrected chi connectivity index (χ3v) is 6.73. The van der Waals surface area contributed by atoms with Crippen molar-refractivity contribution >= 4 is 11.9 Å². The largest absolute Gasteiger partial charge is 0.493 e. The zero-order valence-corrected chi connectivity index (χ0v) is 22.3. The Morgan fingerprint density at radius 1 is 0.974 bits per heavy atom. The topological polar surface area (TPSA) is 92.5 Å². The number of carboxylic acids is 1. The van der Waals surface area contributed by atoms with Crippen molar-refractivity contribution < 1.29 is 30.0 Å². The first-order valence-corrected chi connectivity index (χ1v) is 13.6. The van der Waals surface area contributed by atoms with Crippen LogP contribution in [0.2, 0.25) is 0 Å². The van der Waals surface area contributed by atoms with E-state index in [1.54, 1.807) is 29.6 Å². The molecule has 1 amide bonds. The second-order valence-electron chi connectivity index (χ2n) is 9.62. The Morgan fingerprint density at radius 2 is 1.77 bits per heavy atom.